The zero-order valence-corrected chi connectivity index (χ0v) is 22.3. The van der Waals surface area contributed by atoms with Crippen LogP contribution in [-0.4, -0.2) is 84.2 Å². The van der Waals surface area contributed by atoms with Crippen molar-refractivity contribution >= 4 is 23.8 Å². The highest BCUT2D eigenvalue weighted by atomic mass is 16.5. The largest absolute Gasteiger partial charge is 0.480 e. The van der Waals surface area contributed by atoms with Gasteiger partial charge in [0.1, 0.15) is 18.5 Å². The number of ether oxygens (including phenoxy) is 1. The lowest BCUT2D eigenvalue weighted by atomic mass is 10.1. The lowest BCUT2D eigenvalue weighted by Crippen LogP contribution is -2.44. The van der Waals surface area contributed by atoms with E-state index in [1.54, 1.807) is 14.1 Å². The number of amides is 2. The number of carbonyl (C=O) groups is 3. The van der Waals surface area contributed by atoms with Crippen molar-refractivity contribution in [3.63, 3.8) is 0 Å². The van der Waals surface area contributed by atoms with Crippen LogP contribution in [0.2, 0.25) is 0 Å². The van der Waals surface area contributed by atoms with E-state index in [0.717, 1.165) is 55.7 Å². The Morgan fingerprint density at radius 3 is 2.63 bits per heavy atom. The SMILES string of the molecule is CN(C)C(=O)CN(CCCCc1ccc2c(n1)NCCC2)CC[C@H](NC(=O)OCc1ccccc1)C(=O)O. The summed E-state index contributed by atoms with van der Waals surface area (Å²) in [5, 5.41) is 15.4. The van der Waals surface area contributed by atoms with Gasteiger partial charge in [-0.25, -0.2) is 14.6 Å². The van der Waals surface area contributed by atoms with E-state index in [1.165, 1.54) is 10.5 Å². The quantitative estimate of drug-likeness (QED) is 0.322. The summed E-state index contributed by atoms with van der Waals surface area (Å²) in [7, 11) is 3.39. The van der Waals surface area contributed by atoms with Crippen molar-refractivity contribution in [1.29, 1.82) is 0 Å². The predicted molar refractivity (Wildman–Crippen MR) is 145 cm³/mol. The average molecular weight is 526 g/mol. The number of likely N-dealkylation sites (N-methyl/N-ethyl adjacent to an activating group) is 1. The number of carboxylic acid groups (broad SMARTS) is 1. The molecule has 2 heterocycles. The van der Waals surface area contributed by atoms with Crippen molar-refractivity contribution in [2.24, 2.45) is 0 Å². The summed E-state index contributed by atoms with van der Waals surface area (Å²) in [5.74, 6) is -0.219. The van der Waals surface area contributed by atoms with Gasteiger partial charge < -0.3 is 25.4 Å². The molecule has 10 heteroatoms. The number of alkyl carbamates (subject to hydrolysis) is 1. The molecule has 1 aromatic heterocycles. The molecule has 0 saturated carbocycles. The second-order valence-corrected chi connectivity index (χ2v) is 9.75. The minimum atomic E-state index is -1.15. The van der Waals surface area contributed by atoms with Crippen LogP contribution in [0.4, 0.5) is 10.6 Å². The van der Waals surface area contributed by atoms with Gasteiger partial charge in [-0.2, -0.15) is 0 Å². The first kappa shape index (κ1) is 28.9. The molecule has 0 radical (unpaired) electrons. The number of benzene rings is 1. The van der Waals surface area contributed by atoms with Crippen LogP contribution in [-0.2, 0) is 33.8 Å². The smallest absolute Gasteiger partial charge is 0.408 e. The van der Waals surface area contributed by atoms with Gasteiger partial charge >= 0.3 is 12.1 Å². The summed E-state index contributed by atoms with van der Waals surface area (Å²) >= 11 is 0. The van der Waals surface area contributed by atoms with E-state index in [4.69, 9.17) is 9.72 Å². The standard InChI is InChI=1S/C28H39N5O5/c1-32(2)25(34)19-33(17-7-6-12-23-14-13-22-11-8-16-29-26(22)30-23)18-15-24(27(35)36)31-28(37)38-20-21-9-4-3-5-10-21/h3-5,9-10,13-14,24H,6-8,11-12,15-20H2,1-2H3,(H,29,30)(H,31,37)(H,35,36)/t24-/m0/s1. The third kappa shape index (κ3) is 9.66. The Labute approximate surface area is 224 Å². The van der Waals surface area contributed by atoms with Crippen LogP contribution in [0.15, 0.2) is 42.5 Å². The molecule has 3 rings (SSSR count). The summed E-state index contributed by atoms with van der Waals surface area (Å²) in [6, 6.07) is 12.3. The van der Waals surface area contributed by atoms with Crippen LogP contribution in [0.1, 0.15) is 42.5 Å². The number of hydrogen-bond acceptors (Lipinski definition) is 7. The van der Waals surface area contributed by atoms with Gasteiger partial charge in [0, 0.05) is 32.9 Å². The molecule has 0 unspecified atom stereocenters. The van der Waals surface area contributed by atoms with Crippen LogP contribution >= 0.6 is 0 Å². The van der Waals surface area contributed by atoms with Crippen molar-refractivity contribution < 1.29 is 24.2 Å². The van der Waals surface area contributed by atoms with Gasteiger partial charge in [-0.15, -0.1) is 0 Å². The fourth-order valence-electron chi connectivity index (χ4n) is 4.23. The first-order chi connectivity index (χ1) is 18.3. The van der Waals surface area contributed by atoms with Crippen LogP contribution in [0.25, 0.3) is 0 Å². The van der Waals surface area contributed by atoms with Gasteiger partial charge in [-0.3, -0.25) is 9.69 Å². The zero-order valence-electron chi connectivity index (χ0n) is 22.3. The van der Waals surface area contributed by atoms with Gasteiger partial charge in [0.25, 0.3) is 0 Å². The Bertz CT molecular complexity index is 1060. The number of nitrogens with one attached hydrogen (secondary N) is 2. The minimum absolute atomic E-state index is 0.0532. The normalized spacial score (nSPS) is 13.2. The molecule has 10 nitrogen and oxygen atoms in total. The number of fused-ring (bicyclic) bond motifs is 1. The maximum atomic E-state index is 12.4. The van der Waals surface area contributed by atoms with Crippen LogP contribution in [0.3, 0.4) is 0 Å². The highest BCUT2D eigenvalue weighted by Crippen LogP contribution is 2.20. The second-order valence-electron chi connectivity index (χ2n) is 9.75. The molecular formula is C28H39N5O5. The summed E-state index contributed by atoms with van der Waals surface area (Å²) in [4.78, 5) is 44.6. The summed E-state index contributed by atoms with van der Waals surface area (Å²) in [5.41, 5.74) is 3.11. The van der Waals surface area contributed by atoms with E-state index < -0.39 is 18.1 Å². The molecule has 206 valence electrons. The highest BCUT2D eigenvalue weighted by Gasteiger charge is 2.23. The van der Waals surface area contributed by atoms with E-state index in [-0.39, 0.29) is 25.5 Å². The van der Waals surface area contributed by atoms with Gasteiger partial charge in [-0.05, 0) is 62.3 Å². The Balaban J connectivity index is 1.48. The molecule has 1 aromatic carbocycles. The van der Waals surface area contributed by atoms with E-state index >= 15 is 0 Å². The molecule has 2 aromatic rings. The van der Waals surface area contributed by atoms with E-state index in [9.17, 15) is 19.5 Å². The molecule has 2 amide bonds. The van der Waals surface area contributed by atoms with Crippen molar-refractivity contribution in [2.45, 2.75) is 51.2 Å². The molecular weight excluding hydrogens is 486 g/mol. The average Bonchev–Trinajstić information content (AvgIpc) is 2.92. The minimum Gasteiger partial charge on any atom is -0.480 e. The lowest BCUT2D eigenvalue weighted by Gasteiger charge is -2.25. The molecule has 38 heavy (non-hydrogen) atoms. The maximum Gasteiger partial charge on any atom is 0.408 e. The number of pyridine rings is 1. The Hall–Kier alpha value is -3.66. The van der Waals surface area contributed by atoms with Crippen LogP contribution in [0.5, 0.6) is 0 Å². The highest BCUT2D eigenvalue weighted by molar-refractivity contribution is 5.80. The fourth-order valence-corrected chi connectivity index (χ4v) is 4.23. The number of nitrogens with zero attached hydrogens (tertiary/aromatic N) is 3. The second kappa shape index (κ2) is 14.9. The maximum absolute atomic E-state index is 12.4. The van der Waals surface area contributed by atoms with E-state index in [2.05, 4.69) is 22.8 Å². The first-order valence-corrected chi connectivity index (χ1v) is 13.2. The van der Waals surface area contributed by atoms with E-state index in [1.807, 2.05) is 35.2 Å². The van der Waals surface area contributed by atoms with Gasteiger partial charge in [0.2, 0.25) is 5.91 Å². The lowest BCUT2D eigenvalue weighted by molar-refractivity contribution is -0.139. The molecule has 3 N–H and O–H groups in total. The predicted octanol–water partition coefficient (Wildman–Crippen LogP) is 2.92. The van der Waals surface area contributed by atoms with E-state index in [0.29, 0.717) is 13.1 Å². The third-order valence-corrected chi connectivity index (χ3v) is 6.50. The Kier molecular flexibility index (Phi) is 11.4. The molecule has 0 saturated heterocycles. The van der Waals surface area contributed by atoms with Crippen molar-refractivity contribution in [2.75, 3.05) is 45.6 Å². The number of aryl methyl sites for hydroxylation is 2. The van der Waals surface area contributed by atoms with Crippen LogP contribution in [0, 0.1) is 0 Å². The summed E-state index contributed by atoms with van der Waals surface area (Å²) in [6.07, 6.45) is 4.10. The summed E-state index contributed by atoms with van der Waals surface area (Å²) < 4.78 is 5.17. The molecule has 1 atom stereocenters. The molecule has 0 spiro atoms. The summed E-state index contributed by atoms with van der Waals surface area (Å²) in [6.45, 7) is 2.16. The molecule has 1 aliphatic heterocycles. The number of aliphatic carboxylic acids is 1. The topological polar surface area (TPSA) is 124 Å². The number of rotatable bonds is 14. The van der Waals surface area contributed by atoms with Gasteiger partial charge in [0.05, 0.1) is 6.54 Å². The number of hydrogen-bond donors (Lipinski definition) is 3. The first-order valence-electron chi connectivity index (χ1n) is 13.2. The Morgan fingerprint density at radius 2 is 1.89 bits per heavy atom. The number of anilines is 1. The number of carbonyl (C=O) groups excluding carboxylic acids is 2. The van der Waals surface area contributed by atoms with Crippen molar-refractivity contribution in [3.8, 4) is 0 Å². The van der Waals surface area contributed by atoms with Gasteiger partial charge in [0.15, 0.2) is 0 Å². The van der Waals surface area contributed by atoms with Crippen molar-refractivity contribution in [1.82, 2.24) is 20.1 Å². The van der Waals surface area contributed by atoms with Crippen molar-refractivity contribution in [3.05, 3.63) is 59.3 Å². The van der Waals surface area contributed by atoms with Crippen LogP contribution < -0.4 is 10.6 Å². The monoisotopic (exact) mass is 525 g/mol. The molecule has 1 aliphatic rings. The molecule has 0 fully saturated rings. The van der Waals surface area contributed by atoms with Gasteiger partial charge in [-0.1, -0.05) is 36.4 Å². The fraction of sp³-hybridized carbons (Fsp3) is 0.500. The number of unbranched alkanes of at least 4 members (excludes halogenated alkanes) is 1. The molecule has 0 aliphatic carbocycles. The number of aromatic nitrogens is 1. The molecule has 0 bridgehead atoms. The third-order valence-electron chi connectivity index (χ3n) is 6.50. The number of carboxylic acids is 1. The Morgan fingerprint density at radius 1 is 1.11 bits per heavy atom. The zero-order chi connectivity index (χ0) is 27.3.